The van der Waals surface area contributed by atoms with Crippen molar-refractivity contribution in [1.82, 2.24) is 5.32 Å². The number of fused-ring (bicyclic) bond motifs is 5. The highest BCUT2D eigenvalue weighted by atomic mass is 16.5. The number of ketones is 3. The fraction of sp³-hybridized carbons (Fsp3) is 0.758. The second-order valence-electron chi connectivity index (χ2n) is 14.2. The zero-order valence-corrected chi connectivity index (χ0v) is 25.3. The number of carboxylic acid groups (broad SMARTS) is 1. The van der Waals surface area contributed by atoms with Gasteiger partial charge in [-0.15, -0.1) is 0 Å². The maximum atomic E-state index is 13.8. The Bertz CT molecular complexity index is 1230. The molecule has 0 bridgehead atoms. The summed E-state index contributed by atoms with van der Waals surface area (Å²) < 4.78 is 5.21. The van der Waals surface area contributed by atoms with E-state index in [1.54, 1.807) is 6.08 Å². The van der Waals surface area contributed by atoms with E-state index in [4.69, 9.17) is 9.84 Å². The molecule has 0 saturated heterocycles. The zero-order chi connectivity index (χ0) is 31.2. The summed E-state index contributed by atoms with van der Waals surface area (Å²) in [6.07, 6.45) is 7.54. The van der Waals surface area contributed by atoms with Crippen LogP contribution < -0.4 is 5.32 Å². The van der Waals surface area contributed by atoms with E-state index in [0.29, 0.717) is 38.6 Å². The summed E-state index contributed by atoms with van der Waals surface area (Å²) in [5.74, 6) is -2.58. The quantitative estimate of drug-likeness (QED) is 0.337. The summed E-state index contributed by atoms with van der Waals surface area (Å²) in [5, 5.41) is 23.7. The Balaban J connectivity index is 1.12. The lowest BCUT2D eigenvalue weighted by Crippen LogP contribution is -2.61. The second-order valence-corrected chi connectivity index (χ2v) is 14.2. The van der Waals surface area contributed by atoms with Crippen molar-refractivity contribution in [3.63, 3.8) is 0 Å². The van der Waals surface area contributed by atoms with Crippen LogP contribution in [-0.2, 0) is 33.5 Å². The van der Waals surface area contributed by atoms with Crippen LogP contribution >= 0.6 is 0 Å². The van der Waals surface area contributed by atoms with E-state index in [9.17, 15) is 33.9 Å². The number of nitrogens with one attached hydrogen (secondary N) is 1. The number of carboxylic acids is 1. The first-order valence-corrected chi connectivity index (χ1v) is 16.0. The third-order valence-corrected chi connectivity index (χ3v) is 12.0. The normalized spacial score (nSPS) is 38.7. The number of hydrogen-bond donors (Lipinski definition) is 3. The van der Waals surface area contributed by atoms with E-state index in [1.807, 2.05) is 6.92 Å². The number of rotatable bonds is 9. The highest BCUT2D eigenvalue weighted by Crippen LogP contribution is 2.66. The fourth-order valence-electron chi connectivity index (χ4n) is 9.36. The van der Waals surface area contributed by atoms with Crippen LogP contribution in [0.25, 0.3) is 0 Å². The molecule has 43 heavy (non-hydrogen) atoms. The van der Waals surface area contributed by atoms with Gasteiger partial charge in [-0.1, -0.05) is 19.4 Å². The lowest BCUT2D eigenvalue weighted by Gasteiger charge is -2.57. The number of ether oxygens (including phenoxy) is 1. The molecule has 3 N–H and O–H groups in total. The molecule has 5 rings (SSSR count). The van der Waals surface area contributed by atoms with Crippen molar-refractivity contribution < 1.29 is 43.7 Å². The minimum atomic E-state index is -1.78. The summed E-state index contributed by atoms with van der Waals surface area (Å²) in [7, 11) is 0. The van der Waals surface area contributed by atoms with Gasteiger partial charge in [0.25, 0.3) is 0 Å². The molecule has 0 aromatic heterocycles. The second kappa shape index (κ2) is 11.9. The molecule has 0 heterocycles. The molecule has 0 aromatic rings. The first kappa shape index (κ1) is 31.5. The molecule has 6 unspecified atom stereocenters. The Kier molecular flexibility index (Phi) is 8.73. The highest BCUT2D eigenvalue weighted by Gasteiger charge is 2.68. The average Bonchev–Trinajstić information content (AvgIpc) is 3.24. The van der Waals surface area contributed by atoms with Crippen LogP contribution in [0.1, 0.15) is 97.3 Å². The standard InChI is InChI=1S/C33H45NO9/c1-31-13-11-22(35)15-21(31)7-8-23-24-12-14-33(42,32(24,2)16-25(36)29(23)31)26(37)18-43-28(39)10-9-27(38)34-17-19-3-5-20(6-4-19)30(40)41/h15,19-20,23-24,29,42H,3-14,16-18H2,1-2H3,(H,34,38)(H,40,41). The van der Waals surface area contributed by atoms with Gasteiger partial charge in [-0.25, -0.2) is 0 Å². The van der Waals surface area contributed by atoms with E-state index in [0.717, 1.165) is 31.3 Å². The molecule has 236 valence electrons. The third-order valence-electron chi connectivity index (χ3n) is 12.0. The molecule has 1 amide bonds. The van der Waals surface area contributed by atoms with Crippen LogP contribution in [0.2, 0.25) is 0 Å². The number of amides is 1. The Morgan fingerprint density at radius 2 is 1.70 bits per heavy atom. The van der Waals surface area contributed by atoms with Gasteiger partial charge >= 0.3 is 11.9 Å². The van der Waals surface area contributed by atoms with Crippen LogP contribution in [0.5, 0.6) is 0 Å². The lowest BCUT2D eigenvalue weighted by molar-refractivity contribution is -0.173. The summed E-state index contributed by atoms with van der Waals surface area (Å²) in [6, 6.07) is 0. The smallest absolute Gasteiger partial charge is 0.306 e. The number of Topliss-reactive ketones (excluding diaryl/α,β-unsaturated/α-hetero) is 2. The van der Waals surface area contributed by atoms with Gasteiger partial charge in [-0.05, 0) is 87.0 Å². The molecular formula is C33H45NO9. The summed E-state index contributed by atoms with van der Waals surface area (Å²) in [5.41, 5.74) is -2.04. The fourth-order valence-corrected chi connectivity index (χ4v) is 9.36. The van der Waals surface area contributed by atoms with Gasteiger partial charge in [0.05, 0.1) is 12.3 Å². The Morgan fingerprint density at radius 1 is 0.977 bits per heavy atom. The number of carbonyl (C=O) groups excluding carboxylic acids is 5. The number of hydrogen-bond acceptors (Lipinski definition) is 8. The minimum Gasteiger partial charge on any atom is -0.481 e. The molecule has 5 aliphatic rings. The van der Waals surface area contributed by atoms with Crippen LogP contribution in [0.4, 0.5) is 0 Å². The first-order chi connectivity index (χ1) is 20.3. The highest BCUT2D eigenvalue weighted by molar-refractivity contribution is 5.95. The van der Waals surface area contributed by atoms with Gasteiger partial charge in [0.2, 0.25) is 11.7 Å². The molecule has 10 heteroatoms. The van der Waals surface area contributed by atoms with E-state index in [2.05, 4.69) is 12.2 Å². The van der Waals surface area contributed by atoms with Crippen LogP contribution in [0.3, 0.4) is 0 Å². The van der Waals surface area contributed by atoms with Gasteiger partial charge in [-0.3, -0.25) is 28.8 Å². The van der Waals surface area contributed by atoms with Crippen molar-refractivity contribution >= 4 is 35.2 Å². The maximum absolute atomic E-state index is 13.8. The van der Waals surface area contributed by atoms with Gasteiger partial charge in [-0.2, -0.15) is 0 Å². The summed E-state index contributed by atoms with van der Waals surface area (Å²) >= 11 is 0. The number of aliphatic hydroxyl groups is 1. The number of carbonyl (C=O) groups is 6. The van der Waals surface area contributed by atoms with Gasteiger partial charge in [0.15, 0.2) is 12.4 Å². The molecule has 4 fully saturated rings. The zero-order valence-electron chi connectivity index (χ0n) is 25.3. The van der Waals surface area contributed by atoms with Crippen LogP contribution in [0, 0.1) is 40.4 Å². The van der Waals surface area contributed by atoms with Crippen LogP contribution in [0.15, 0.2) is 11.6 Å². The molecule has 0 aliphatic heterocycles. The monoisotopic (exact) mass is 599 g/mol. The van der Waals surface area contributed by atoms with Crippen molar-refractivity contribution in [2.45, 2.75) is 103 Å². The third kappa shape index (κ3) is 5.71. The first-order valence-electron chi connectivity index (χ1n) is 16.0. The SMILES string of the molecule is CC12CCC(=O)C=C1CCC1C2C(=O)CC2(C)C1CCC2(O)C(=O)COC(=O)CCC(=O)NCC1CCC(C(=O)O)CC1. The van der Waals surface area contributed by atoms with Crippen LogP contribution in [-0.4, -0.2) is 64.2 Å². The van der Waals surface area contributed by atoms with Gasteiger partial charge in [0.1, 0.15) is 11.4 Å². The Labute approximate surface area is 252 Å². The number of aliphatic carboxylic acids is 1. The van der Waals surface area contributed by atoms with Crippen molar-refractivity contribution in [3.8, 4) is 0 Å². The van der Waals surface area contributed by atoms with E-state index in [1.165, 1.54) is 0 Å². The van der Waals surface area contributed by atoms with Crippen molar-refractivity contribution in [1.29, 1.82) is 0 Å². The topological polar surface area (TPSA) is 164 Å². The minimum absolute atomic E-state index is 0.0247. The average molecular weight is 600 g/mol. The predicted molar refractivity (Wildman–Crippen MR) is 153 cm³/mol. The van der Waals surface area contributed by atoms with Gasteiger partial charge < -0.3 is 20.3 Å². The maximum Gasteiger partial charge on any atom is 0.306 e. The van der Waals surface area contributed by atoms with Gasteiger partial charge in [0, 0.05) is 37.1 Å². The Hall–Kier alpha value is -2.88. The molecule has 10 nitrogen and oxygen atoms in total. The molecule has 4 saturated carbocycles. The molecule has 6 atom stereocenters. The Morgan fingerprint density at radius 3 is 2.40 bits per heavy atom. The number of esters is 1. The molecule has 0 spiro atoms. The largest absolute Gasteiger partial charge is 0.481 e. The lowest BCUT2D eigenvalue weighted by atomic mass is 9.46. The summed E-state index contributed by atoms with van der Waals surface area (Å²) in [4.78, 5) is 75.0. The summed E-state index contributed by atoms with van der Waals surface area (Å²) in [6.45, 7) is 3.75. The molecule has 0 radical (unpaired) electrons. The predicted octanol–water partition coefficient (Wildman–Crippen LogP) is 3.33. The van der Waals surface area contributed by atoms with E-state index in [-0.39, 0.29) is 78.2 Å². The van der Waals surface area contributed by atoms with E-state index >= 15 is 0 Å². The molecular weight excluding hydrogens is 554 g/mol. The van der Waals surface area contributed by atoms with E-state index < -0.39 is 35.3 Å². The molecule has 0 aromatic carbocycles. The van der Waals surface area contributed by atoms with Crippen molar-refractivity contribution in [3.05, 3.63) is 11.6 Å². The van der Waals surface area contributed by atoms with Crippen molar-refractivity contribution in [2.24, 2.45) is 40.4 Å². The number of allylic oxidation sites excluding steroid dienone is 1. The molecule has 5 aliphatic carbocycles. The van der Waals surface area contributed by atoms with Crippen molar-refractivity contribution in [2.75, 3.05) is 13.2 Å².